The summed E-state index contributed by atoms with van der Waals surface area (Å²) in [4.78, 5) is 45.6. The number of halogens is 1. The molecule has 2 aromatic rings. The molecule has 0 bridgehead atoms. The van der Waals surface area contributed by atoms with Crippen LogP contribution < -0.4 is 10.9 Å². The molecule has 0 heterocycles. The number of hydrogen-bond donors (Lipinski definition) is 2. The molecular formula is C17H14FN3O6S. The molecule has 0 radical (unpaired) electrons. The first-order valence-corrected chi connectivity index (χ1v) is 8.71. The van der Waals surface area contributed by atoms with Gasteiger partial charge in [-0.2, -0.15) is 0 Å². The minimum absolute atomic E-state index is 0.0753. The van der Waals surface area contributed by atoms with Crippen LogP contribution in [-0.2, 0) is 14.3 Å². The molecule has 2 rings (SSSR count). The zero-order valence-electron chi connectivity index (χ0n) is 14.2. The highest BCUT2D eigenvalue weighted by atomic mass is 32.2. The van der Waals surface area contributed by atoms with Crippen LogP contribution in [-0.4, -0.2) is 35.1 Å². The Hall–Kier alpha value is -3.47. The number of nitrogens with one attached hydrogen (secondary N) is 2. The highest BCUT2D eigenvalue weighted by molar-refractivity contribution is 8.00. The number of rotatable bonds is 7. The molecule has 0 spiro atoms. The van der Waals surface area contributed by atoms with Gasteiger partial charge in [-0.05, 0) is 36.4 Å². The monoisotopic (exact) mass is 407 g/mol. The minimum Gasteiger partial charge on any atom is -0.455 e. The number of non-ortho nitro benzene ring substituents is 1. The topological polar surface area (TPSA) is 128 Å². The average Bonchev–Trinajstić information content (AvgIpc) is 2.70. The summed E-state index contributed by atoms with van der Waals surface area (Å²) in [5.74, 6) is -2.59. The fourth-order valence-corrected chi connectivity index (χ4v) is 2.53. The van der Waals surface area contributed by atoms with Crippen LogP contribution in [0, 0.1) is 15.9 Å². The van der Waals surface area contributed by atoms with Crippen molar-refractivity contribution in [2.45, 2.75) is 4.90 Å². The summed E-state index contributed by atoms with van der Waals surface area (Å²) in [5.41, 5.74) is 4.07. The molecule has 2 N–H and O–H groups in total. The number of hydrazine groups is 1. The molecule has 0 atom stereocenters. The van der Waals surface area contributed by atoms with Gasteiger partial charge < -0.3 is 4.74 Å². The first-order chi connectivity index (χ1) is 13.3. The Morgan fingerprint density at radius 3 is 2.29 bits per heavy atom. The van der Waals surface area contributed by atoms with Gasteiger partial charge in [0.2, 0.25) is 0 Å². The van der Waals surface area contributed by atoms with Crippen molar-refractivity contribution in [3.8, 4) is 0 Å². The number of ether oxygens (including phenoxy) is 1. The van der Waals surface area contributed by atoms with Crippen LogP contribution in [0.2, 0.25) is 0 Å². The lowest BCUT2D eigenvalue weighted by Crippen LogP contribution is -2.43. The number of amides is 2. The number of benzene rings is 2. The maximum Gasteiger partial charge on any atom is 0.316 e. The van der Waals surface area contributed by atoms with Crippen LogP contribution in [0.15, 0.2) is 53.4 Å². The number of nitro benzene ring substituents is 1. The smallest absolute Gasteiger partial charge is 0.316 e. The van der Waals surface area contributed by atoms with E-state index in [1.807, 2.05) is 0 Å². The second-order valence-corrected chi connectivity index (χ2v) is 6.26. The van der Waals surface area contributed by atoms with Gasteiger partial charge in [-0.15, -0.1) is 11.8 Å². The molecule has 0 saturated heterocycles. The lowest BCUT2D eigenvalue weighted by Gasteiger charge is -2.08. The molecule has 0 aliphatic carbocycles. The van der Waals surface area contributed by atoms with E-state index in [4.69, 9.17) is 4.74 Å². The molecule has 0 aromatic heterocycles. The van der Waals surface area contributed by atoms with Crippen molar-refractivity contribution < 1.29 is 28.4 Å². The first kappa shape index (κ1) is 20.8. The van der Waals surface area contributed by atoms with Gasteiger partial charge in [0, 0.05) is 22.6 Å². The van der Waals surface area contributed by atoms with Gasteiger partial charge in [-0.25, -0.2) is 4.39 Å². The van der Waals surface area contributed by atoms with E-state index in [9.17, 15) is 28.9 Å². The van der Waals surface area contributed by atoms with Crippen molar-refractivity contribution in [3.05, 3.63) is 70.0 Å². The first-order valence-electron chi connectivity index (χ1n) is 7.73. The van der Waals surface area contributed by atoms with Gasteiger partial charge in [0.25, 0.3) is 17.5 Å². The Balaban J connectivity index is 1.68. The standard InChI is InChI=1S/C17H14FN3O6S/c18-12-3-7-14(8-4-12)28-10-16(23)27-9-15(22)19-20-17(24)11-1-5-13(6-2-11)21(25)26/h1-8H,9-10H2,(H,19,22)(H,20,24). The summed E-state index contributed by atoms with van der Waals surface area (Å²) in [6.07, 6.45) is 0. The van der Waals surface area contributed by atoms with E-state index in [1.54, 1.807) is 0 Å². The van der Waals surface area contributed by atoms with Crippen molar-refractivity contribution in [1.82, 2.24) is 10.9 Å². The third-order valence-corrected chi connectivity index (χ3v) is 4.18. The molecule has 0 aliphatic rings. The van der Waals surface area contributed by atoms with Crippen molar-refractivity contribution >= 4 is 35.2 Å². The molecule has 0 unspecified atom stereocenters. The lowest BCUT2D eigenvalue weighted by molar-refractivity contribution is -0.384. The highest BCUT2D eigenvalue weighted by Crippen LogP contribution is 2.18. The molecule has 9 nitrogen and oxygen atoms in total. The average molecular weight is 407 g/mol. The molecule has 28 heavy (non-hydrogen) atoms. The highest BCUT2D eigenvalue weighted by Gasteiger charge is 2.12. The van der Waals surface area contributed by atoms with E-state index >= 15 is 0 Å². The zero-order chi connectivity index (χ0) is 20.5. The van der Waals surface area contributed by atoms with Crippen molar-refractivity contribution in [3.63, 3.8) is 0 Å². The van der Waals surface area contributed by atoms with Crippen LogP contribution in [0.4, 0.5) is 10.1 Å². The maximum atomic E-state index is 12.8. The summed E-state index contributed by atoms with van der Waals surface area (Å²) >= 11 is 1.12. The summed E-state index contributed by atoms with van der Waals surface area (Å²) in [6.45, 7) is -0.608. The maximum absolute atomic E-state index is 12.8. The molecule has 0 fully saturated rings. The summed E-state index contributed by atoms with van der Waals surface area (Å²) in [6, 6.07) is 10.3. The van der Waals surface area contributed by atoms with Crippen LogP contribution in [0.5, 0.6) is 0 Å². The van der Waals surface area contributed by atoms with E-state index in [1.165, 1.54) is 36.4 Å². The van der Waals surface area contributed by atoms with Gasteiger partial charge in [-0.3, -0.25) is 35.3 Å². The normalized spacial score (nSPS) is 10.0. The van der Waals surface area contributed by atoms with E-state index in [0.29, 0.717) is 4.90 Å². The molecular weight excluding hydrogens is 393 g/mol. The second kappa shape index (κ2) is 10.0. The Labute approximate surface area is 162 Å². The third kappa shape index (κ3) is 6.68. The number of carbonyl (C=O) groups is 3. The van der Waals surface area contributed by atoms with E-state index in [0.717, 1.165) is 23.9 Å². The van der Waals surface area contributed by atoms with Gasteiger partial charge >= 0.3 is 5.97 Å². The largest absolute Gasteiger partial charge is 0.455 e. The molecule has 2 amide bonds. The summed E-state index contributed by atoms with van der Waals surface area (Å²) < 4.78 is 17.5. The Morgan fingerprint density at radius 1 is 1.04 bits per heavy atom. The molecule has 0 aliphatic heterocycles. The predicted octanol–water partition coefficient (Wildman–Crippen LogP) is 1.83. The lowest BCUT2D eigenvalue weighted by atomic mass is 10.2. The molecule has 2 aromatic carbocycles. The second-order valence-electron chi connectivity index (χ2n) is 5.21. The summed E-state index contributed by atoms with van der Waals surface area (Å²) in [7, 11) is 0. The third-order valence-electron chi connectivity index (χ3n) is 3.19. The summed E-state index contributed by atoms with van der Waals surface area (Å²) in [5, 5.41) is 10.6. The quantitative estimate of drug-likeness (QED) is 0.310. The zero-order valence-corrected chi connectivity index (χ0v) is 15.0. The van der Waals surface area contributed by atoms with E-state index in [2.05, 4.69) is 10.9 Å². The Bertz CT molecular complexity index is 873. The number of nitrogens with zero attached hydrogens (tertiary/aromatic N) is 1. The van der Waals surface area contributed by atoms with Gasteiger partial charge in [0.05, 0.1) is 10.7 Å². The fraction of sp³-hybridized carbons (Fsp3) is 0.118. The van der Waals surface area contributed by atoms with Gasteiger partial charge in [0.15, 0.2) is 6.61 Å². The fourth-order valence-electron chi connectivity index (χ4n) is 1.83. The number of nitro groups is 1. The number of thioether (sulfide) groups is 1. The number of carbonyl (C=O) groups excluding carboxylic acids is 3. The number of hydrogen-bond acceptors (Lipinski definition) is 7. The molecule has 146 valence electrons. The van der Waals surface area contributed by atoms with Crippen LogP contribution in [0.25, 0.3) is 0 Å². The van der Waals surface area contributed by atoms with Crippen LogP contribution in [0.1, 0.15) is 10.4 Å². The Morgan fingerprint density at radius 2 is 1.68 bits per heavy atom. The van der Waals surface area contributed by atoms with E-state index in [-0.39, 0.29) is 22.8 Å². The van der Waals surface area contributed by atoms with Crippen molar-refractivity contribution in [2.24, 2.45) is 0 Å². The minimum atomic E-state index is -0.768. The molecule has 0 saturated carbocycles. The van der Waals surface area contributed by atoms with Crippen LogP contribution >= 0.6 is 11.8 Å². The van der Waals surface area contributed by atoms with Crippen molar-refractivity contribution in [1.29, 1.82) is 0 Å². The number of esters is 1. The SMILES string of the molecule is O=C(COC(=O)CSc1ccc(F)cc1)NNC(=O)c1ccc([N+](=O)[O-])cc1. The van der Waals surface area contributed by atoms with Crippen molar-refractivity contribution in [2.75, 3.05) is 12.4 Å². The predicted molar refractivity (Wildman–Crippen MR) is 96.8 cm³/mol. The molecule has 11 heteroatoms. The Kier molecular flexibility index (Phi) is 7.45. The van der Waals surface area contributed by atoms with E-state index < -0.39 is 29.3 Å². The van der Waals surface area contributed by atoms with Gasteiger partial charge in [-0.1, -0.05) is 0 Å². The van der Waals surface area contributed by atoms with Gasteiger partial charge in [0.1, 0.15) is 5.82 Å². The van der Waals surface area contributed by atoms with Crippen LogP contribution in [0.3, 0.4) is 0 Å².